The highest BCUT2D eigenvalue weighted by atomic mass is 16.3. The molecule has 1 aliphatic heterocycles. The van der Waals surface area contributed by atoms with Gasteiger partial charge in [0.05, 0.1) is 11.3 Å². The first-order chi connectivity index (χ1) is 10.1. The smallest absolute Gasteiger partial charge is 0.284 e. The minimum absolute atomic E-state index is 0.00143. The lowest BCUT2D eigenvalue weighted by atomic mass is 10.1. The summed E-state index contributed by atoms with van der Waals surface area (Å²) in [6, 6.07) is 7.51. The van der Waals surface area contributed by atoms with E-state index in [1.54, 1.807) is 4.90 Å². The zero-order valence-corrected chi connectivity index (χ0v) is 11.8. The summed E-state index contributed by atoms with van der Waals surface area (Å²) in [5.41, 5.74) is 8.82. The summed E-state index contributed by atoms with van der Waals surface area (Å²) >= 11 is 0. The molecule has 0 saturated carbocycles. The van der Waals surface area contributed by atoms with Crippen molar-refractivity contribution in [1.82, 2.24) is 0 Å². The number of hydrogen-bond donors (Lipinski definition) is 1. The Labute approximate surface area is 122 Å². The highest BCUT2D eigenvalue weighted by Gasteiger charge is 2.28. The number of primary amides is 1. The van der Waals surface area contributed by atoms with Crippen LogP contribution < -0.4 is 10.6 Å². The molecule has 0 radical (unpaired) electrons. The number of rotatable bonds is 3. The molecule has 1 aliphatic rings. The van der Waals surface area contributed by atoms with Crippen molar-refractivity contribution in [2.75, 3.05) is 11.4 Å². The molecule has 5 nitrogen and oxygen atoms in total. The SMILES string of the molecule is CCc1cccc2c1N(C(=O)c1coc(C(N)=O)c1)CC2. The standard InChI is InChI=1S/C16H16N2O3/c1-2-10-4-3-5-11-6-7-18(14(10)11)16(20)12-8-13(15(17)19)21-9-12/h3-5,8-9H,2,6-7H2,1H3,(H2,17,19). The largest absolute Gasteiger partial charge is 0.458 e. The van der Waals surface area contributed by atoms with Crippen LogP contribution in [0, 0.1) is 0 Å². The molecule has 0 aliphatic carbocycles. The molecule has 2 aromatic rings. The lowest BCUT2D eigenvalue weighted by molar-refractivity contribution is 0.0970. The van der Waals surface area contributed by atoms with Crippen molar-refractivity contribution in [3.63, 3.8) is 0 Å². The fraction of sp³-hybridized carbons (Fsp3) is 0.250. The second-order valence-corrected chi connectivity index (χ2v) is 5.05. The maximum atomic E-state index is 12.6. The van der Waals surface area contributed by atoms with Crippen molar-refractivity contribution in [3.05, 3.63) is 53.0 Å². The Hall–Kier alpha value is -2.56. The molecule has 0 unspecified atom stereocenters. The van der Waals surface area contributed by atoms with Crippen LogP contribution >= 0.6 is 0 Å². The van der Waals surface area contributed by atoms with Gasteiger partial charge in [-0.3, -0.25) is 9.59 Å². The van der Waals surface area contributed by atoms with E-state index in [1.165, 1.54) is 17.9 Å². The minimum Gasteiger partial charge on any atom is -0.458 e. The van der Waals surface area contributed by atoms with Gasteiger partial charge in [-0.05, 0) is 24.0 Å². The minimum atomic E-state index is -0.676. The monoisotopic (exact) mass is 284 g/mol. The number of hydrogen-bond acceptors (Lipinski definition) is 3. The Kier molecular flexibility index (Phi) is 3.25. The molecule has 21 heavy (non-hydrogen) atoms. The molecule has 2 N–H and O–H groups in total. The summed E-state index contributed by atoms with van der Waals surface area (Å²) in [7, 11) is 0. The highest BCUT2D eigenvalue weighted by Crippen LogP contribution is 2.33. The number of amides is 2. The Morgan fingerprint density at radius 3 is 2.86 bits per heavy atom. The van der Waals surface area contributed by atoms with Crippen molar-refractivity contribution in [2.45, 2.75) is 19.8 Å². The number of furan rings is 1. The summed E-state index contributed by atoms with van der Waals surface area (Å²) in [5, 5.41) is 0. The van der Waals surface area contributed by atoms with E-state index in [2.05, 4.69) is 6.92 Å². The van der Waals surface area contributed by atoms with Crippen LogP contribution in [0.4, 0.5) is 5.69 Å². The van der Waals surface area contributed by atoms with Crippen LogP contribution in [0.15, 0.2) is 34.9 Å². The van der Waals surface area contributed by atoms with Gasteiger partial charge >= 0.3 is 0 Å². The van der Waals surface area contributed by atoms with E-state index in [9.17, 15) is 9.59 Å². The summed E-state index contributed by atoms with van der Waals surface area (Å²) in [6.45, 7) is 2.71. The number of carbonyl (C=O) groups excluding carboxylic acids is 2. The van der Waals surface area contributed by atoms with Crippen molar-refractivity contribution < 1.29 is 14.0 Å². The predicted molar refractivity (Wildman–Crippen MR) is 78.4 cm³/mol. The van der Waals surface area contributed by atoms with Crippen LogP contribution in [0.3, 0.4) is 0 Å². The molecule has 5 heteroatoms. The molecule has 0 fully saturated rings. The van der Waals surface area contributed by atoms with Gasteiger partial charge in [0.2, 0.25) is 0 Å². The summed E-state index contributed by atoms with van der Waals surface area (Å²) < 4.78 is 5.03. The Bertz CT molecular complexity index is 718. The maximum absolute atomic E-state index is 12.6. The molecular weight excluding hydrogens is 268 g/mol. The van der Waals surface area contributed by atoms with Crippen molar-refractivity contribution >= 4 is 17.5 Å². The average molecular weight is 284 g/mol. The van der Waals surface area contributed by atoms with Gasteiger partial charge in [0.1, 0.15) is 6.26 Å². The Balaban J connectivity index is 1.96. The number of carbonyl (C=O) groups is 2. The molecule has 3 rings (SSSR count). The van der Waals surface area contributed by atoms with Gasteiger partial charge in [-0.25, -0.2) is 0 Å². The molecule has 0 bridgehead atoms. The van der Waals surface area contributed by atoms with Crippen LogP contribution in [0.1, 0.15) is 39.0 Å². The van der Waals surface area contributed by atoms with Crippen LogP contribution in [0.5, 0.6) is 0 Å². The van der Waals surface area contributed by atoms with E-state index in [-0.39, 0.29) is 11.7 Å². The van der Waals surface area contributed by atoms with E-state index in [0.29, 0.717) is 12.1 Å². The normalized spacial score (nSPS) is 13.3. The number of nitrogens with two attached hydrogens (primary N) is 1. The molecule has 108 valence electrons. The van der Waals surface area contributed by atoms with Gasteiger partial charge in [0.25, 0.3) is 11.8 Å². The number of nitrogens with zero attached hydrogens (tertiary/aromatic N) is 1. The number of fused-ring (bicyclic) bond motifs is 1. The lowest BCUT2D eigenvalue weighted by Crippen LogP contribution is -2.29. The van der Waals surface area contributed by atoms with E-state index < -0.39 is 5.91 Å². The number of anilines is 1. The van der Waals surface area contributed by atoms with E-state index in [4.69, 9.17) is 10.2 Å². The molecular formula is C16H16N2O3. The third-order valence-corrected chi connectivity index (χ3v) is 3.79. The quantitative estimate of drug-likeness (QED) is 0.938. The van der Waals surface area contributed by atoms with Gasteiger partial charge < -0.3 is 15.1 Å². The number of benzene rings is 1. The van der Waals surface area contributed by atoms with Gasteiger partial charge in [-0.2, -0.15) is 0 Å². The first-order valence-corrected chi connectivity index (χ1v) is 6.92. The van der Waals surface area contributed by atoms with Crippen molar-refractivity contribution in [2.24, 2.45) is 5.73 Å². The molecule has 1 aromatic carbocycles. The summed E-state index contributed by atoms with van der Waals surface area (Å²) in [4.78, 5) is 25.4. The number of aryl methyl sites for hydroxylation is 1. The van der Waals surface area contributed by atoms with E-state index in [1.807, 2.05) is 18.2 Å². The zero-order valence-electron chi connectivity index (χ0n) is 11.8. The van der Waals surface area contributed by atoms with Crippen LogP contribution in [0.2, 0.25) is 0 Å². The second-order valence-electron chi connectivity index (χ2n) is 5.05. The number of para-hydroxylation sites is 1. The molecule has 1 aromatic heterocycles. The highest BCUT2D eigenvalue weighted by molar-refractivity contribution is 6.08. The van der Waals surface area contributed by atoms with Crippen LogP contribution in [-0.2, 0) is 12.8 Å². The molecule has 0 saturated heterocycles. The topological polar surface area (TPSA) is 76.5 Å². The van der Waals surface area contributed by atoms with Gasteiger partial charge in [-0.15, -0.1) is 0 Å². The summed E-state index contributed by atoms with van der Waals surface area (Å²) in [6.07, 6.45) is 3.00. The Morgan fingerprint density at radius 1 is 1.38 bits per heavy atom. The Morgan fingerprint density at radius 2 is 2.19 bits per heavy atom. The fourth-order valence-electron chi connectivity index (χ4n) is 2.76. The molecule has 0 atom stereocenters. The van der Waals surface area contributed by atoms with Gasteiger partial charge in [-0.1, -0.05) is 25.1 Å². The van der Waals surface area contributed by atoms with Crippen molar-refractivity contribution in [3.8, 4) is 0 Å². The zero-order chi connectivity index (χ0) is 15.0. The third kappa shape index (κ3) is 2.20. The molecule has 2 heterocycles. The fourth-order valence-corrected chi connectivity index (χ4v) is 2.76. The predicted octanol–water partition coefficient (Wildman–Crippen LogP) is 2.14. The van der Waals surface area contributed by atoms with E-state index >= 15 is 0 Å². The average Bonchev–Trinajstić information content (AvgIpc) is 3.13. The first kappa shape index (κ1) is 13.4. The third-order valence-electron chi connectivity index (χ3n) is 3.79. The molecule has 0 spiro atoms. The maximum Gasteiger partial charge on any atom is 0.284 e. The van der Waals surface area contributed by atoms with Gasteiger partial charge in [0.15, 0.2) is 5.76 Å². The van der Waals surface area contributed by atoms with Gasteiger partial charge in [0, 0.05) is 12.6 Å². The molecule has 2 amide bonds. The second kappa shape index (κ2) is 5.09. The van der Waals surface area contributed by atoms with E-state index in [0.717, 1.165) is 24.1 Å². The van der Waals surface area contributed by atoms with Crippen LogP contribution in [-0.4, -0.2) is 18.4 Å². The van der Waals surface area contributed by atoms with Crippen LogP contribution in [0.25, 0.3) is 0 Å². The summed E-state index contributed by atoms with van der Waals surface area (Å²) in [5.74, 6) is -0.836. The lowest BCUT2D eigenvalue weighted by Gasteiger charge is -2.19. The van der Waals surface area contributed by atoms with Crippen molar-refractivity contribution in [1.29, 1.82) is 0 Å². The first-order valence-electron chi connectivity index (χ1n) is 6.92.